The Balaban J connectivity index is 0.00000121. The highest BCUT2D eigenvalue weighted by Gasteiger charge is 2.15. The number of anilines is 1. The van der Waals surface area contributed by atoms with Crippen LogP contribution < -0.4 is 5.32 Å². The smallest absolute Gasteiger partial charge is 0.292 e. The largest absolute Gasteiger partial charge is 0.379 e. The van der Waals surface area contributed by atoms with Crippen molar-refractivity contribution in [1.82, 2.24) is 0 Å². The maximum absolute atomic E-state index is 10.8. The quantitative estimate of drug-likeness (QED) is 0.643. The first-order valence-electron chi connectivity index (χ1n) is 5.74. The van der Waals surface area contributed by atoms with Crippen molar-refractivity contribution in [2.75, 3.05) is 11.9 Å². The number of halogens is 1. The summed E-state index contributed by atoms with van der Waals surface area (Å²) in [6, 6.07) is 3.09. The van der Waals surface area contributed by atoms with Gasteiger partial charge in [-0.05, 0) is 25.0 Å². The van der Waals surface area contributed by atoms with Crippen LogP contribution in [0.15, 0.2) is 12.1 Å². The zero-order chi connectivity index (χ0) is 13.4. The van der Waals surface area contributed by atoms with Gasteiger partial charge in [-0.2, -0.15) is 0 Å². The van der Waals surface area contributed by atoms with Crippen LogP contribution in [0.1, 0.15) is 32.8 Å². The van der Waals surface area contributed by atoms with Gasteiger partial charge in [-0.15, -0.1) is 0 Å². The van der Waals surface area contributed by atoms with Crippen molar-refractivity contribution in [3.8, 4) is 0 Å². The first-order chi connectivity index (χ1) is 8.06. The minimum atomic E-state index is -0.401. The lowest BCUT2D eigenvalue weighted by atomic mass is 10.2. The summed E-state index contributed by atoms with van der Waals surface area (Å²) >= 11 is 5.91. The molecule has 0 heterocycles. The topological polar surface area (TPSA) is 55.2 Å². The highest BCUT2D eigenvalue weighted by atomic mass is 35.5. The molecule has 0 saturated carbocycles. The lowest BCUT2D eigenvalue weighted by molar-refractivity contribution is -0.384. The molecule has 0 saturated heterocycles. The molecule has 0 aliphatic carbocycles. The fraction of sp³-hybridized carbons (Fsp3) is 0.500. The maximum Gasteiger partial charge on any atom is 0.292 e. The van der Waals surface area contributed by atoms with E-state index in [1.165, 1.54) is 6.07 Å². The first-order valence-corrected chi connectivity index (χ1v) is 6.12. The van der Waals surface area contributed by atoms with Gasteiger partial charge >= 0.3 is 0 Å². The normalized spacial score (nSPS) is 9.24. The van der Waals surface area contributed by atoms with Crippen LogP contribution in [0.4, 0.5) is 11.4 Å². The monoisotopic (exact) mass is 258 g/mol. The molecule has 5 heteroatoms. The van der Waals surface area contributed by atoms with E-state index < -0.39 is 4.92 Å². The van der Waals surface area contributed by atoms with Crippen LogP contribution in [0.5, 0.6) is 0 Å². The molecular formula is C12H19ClN2O2. The number of hydrogen-bond donors (Lipinski definition) is 1. The summed E-state index contributed by atoms with van der Waals surface area (Å²) in [5, 5.41) is 14.3. The fourth-order valence-electron chi connectivity index (χ4n) is 1.22. The standard InChI is InChI=1S/C10H13ClN2O2.C2H6/c1-3-4-12-9-6-8(11)7(2)5-10(9)13(14)15;1-2/h5-6,12H,3-4H2,1-2H3;1-2H3. The van der Waals surface area contributed by atoms with Gasteiger partial charge < -0.3 is 5.32 Å². The Morgan fingerprint density at radius 2 is 2.00 bits per heavy atom. The third-order valence-corrected chi connectivity index (χ3v) is 2.45. The van der Waals surface area contributed by atoms with E-state index in [1.807, 2.05) is 20.8 Å². The van der Waals surface area contributed by atoms with Gasteiger partial charge in [-0.1, -0.05) is 32.4 Å². The lowest BCUT2D eigenvalue weighted by Gasteiger charge is -2.07. The van der Waals surface area contributed by atoms with Crippen LogP contribution in [0.3, 0.4) is 0 Å². The Bertz CT molecular complexity index is 381. The summed E-state index contributed by atoms with van der Waals surface area (Å²) in [6.07, 6.45) is 0.905. The zero-order valence-electron chi connectivity index (χ0n) is 10.7. The molecule has 1 aromatic rings. The number of rotatable bonds is 4. The van der Waals surface area contributed by atoms with E-state index in [9.17, 15) is 10.1 Å². The molecule has 4 nitrogen and oxygen atoms in total. The van der Waals surface area contributed by atoms with Gasteiger partial charge in [0.1, 0.15) is 5.69 Å². The fourth-order valence-corrected chi connectivity index (χ4v) is 1.38. The summed E-state index contributed by atoms with van der Waals surface area (Å²) in [6.45, 7) is 8.44. The van der Waals surface area contributed by atoms with Crippen LogP contribution in [0, 0.1) is 17.0 Å². The second-order valence-electron chi connectivity index (χ2n) is 3.30. The third-order valence-electron chi connectivity index (χ3n) is 2.04. The number of nitrogens with zero attached hydrogens (tertiary/aromatic N) is 1. The number of nitro benzene ring substituents is 1. The van der Waals surface area contributed by atoms with Gasteiger partial charge in [-0.25, -0.2) is 0 Å². The Morgan fingerprint density at radius 3 is 2.47 bits per heavy atom. The van der Waals surface area contributed by atoms with Crippen molar-refractivity contribution in [3.05, 3.63) is 32.8 Å². The van der Waals surface area contributed by atoms with Gasteiger partial charge in [0.15, 0.2) is 0 Å². The molecule has 0 unspecified atom stereocenters. The van der Waals surface area contributed by atoms with E-state index in [-0.39, 0.29) is 5.69 Å². The molecular weight excluding hydrogens is 240 g/mol. The van der Waals surface area contributed by atoms with E-state index in [1.54, 1.807) is 13.0 Å². The summed E-state index contributed by atoms with van der Waals surface area (Å²) in [5.41, 5.74) is 1.27. The Kier molecular flexibility index (Phi) is 7.30. The van der Waals surface area contributed by atoms with Gasteiger partial charge in [0, 0.05) is 17.6 Å². The van der Waals surface area contributed by atoms with Crippen molar-refractivity contribution in [2.45, 2.75) is 34.1 Å². The SMILES string of the molecule is CC.CCCNc1cc(Cl)c(C)cc1[N+](=O)[O-]. The highest BCUT2D eigenvalue weighted by Crippen LogP contribution is 2.30. The van der Waals surface area contributed by atoms with Crippen LogP contribution in [0.25, 0.3) is 0 Å². The molecule has 17 heavy (non-hydrogen) atoms. The third kappa shape index (κ3) is 4.61. The number of nitrogens with one attached hydrogen (secondary N) is 1. The molecule has 1 rings (SSSR count). The summed E-state index contributed by atoms with van der Waals surface area (Å²) in [4.78, 5) is 10.4. The van der Waals surface area contributed by atoms with Crippen molar-refractivity contribution in [1.29, 1.82) is 0 Å². The van der Waals surface area contributed by atoms with Crippen molar-refractivity contribution >= 4 is 23.0 Å². The van der Waals surface area contributed by atoms with Crippen LogP contribution in [-0.2, 0) is 0 Å². The Morgan fingerprint density at radius 1 is 1.41 bits per heavy atom. The van der Waals surface area contributed by atoms with Crippen molar-refractivity contribution < 1.29 is 4.92 Å². The predicted molar refractivity (Wildman–Crippen MR) is 73.0 cm³/mol. The molecule has 1 aromatic carbocycles. The van der Waals surface area contributed by atoms with E-state index in [0.29, 0.717) is 22.8 Å². The predicted octanol–water partition coefficient (Wildman–Crippen LogP) is 4.40. The average Bonchev–Trinajstić information content (AvgIpc) is 2.32. The molecule has 0 aliphatic heterocycles. The van der Waals surface area contributed by atoms with E-state index in [0.717, 1.165) is 6.42 Å². The van der Waals surface area contributed by atoms with Crippen LogP contribution in [0.2, 0.25) is 5.02 Å². The molecule has 0 spiro atoms. The maximum atomic E-state index is 10.8. The lowest BCUT2D eigenvalue weighted by Crippen LogP contribution is -2.03. The number of aryl methyl sites for hydroxylation is 1. The molecule has 0 aliphatic rings. The second kappa shape index (κ2) is 7.90. The summed E-state index contributed by atoms with van der Waals surface area (Å²) < 4.78 is 0. The number of hydrogen-bond acceptors (Lipinski definition) is 3. The Hall–Kier alpha value is -1.29. The van der Waals surface area contributed by atoms with Gasteiger partial charge in [-0.3, -0.25) is 10.1 Å². The van der Waals surface area contributed by atoms with Gasteiger partial charge in [0.05, 0.1) is 4.92 Å². The highest BCUT2D eigenvalue weighted by molar-refractivity contribution is 6.31. The van der Waals surface area contributed by atoms with E-state index >= 15 is 0 Å². The molecule has 96 valence electrons. The summed E-state index contributed by atoms with van der Waals surface area (Å²) in [7, 11) is 0. The molecule has 0 radical (unpaired) electrons. The molecule has 0 bridgehead atoms. The average molecular weight is 259 g/mol. The van der Waals surface area contributed by atoms with Gasteiger partial charge in [0.2, 0.25) is 0 Å². The van der Waals surface area contributed by atoms with Crippen LogP contribution in [-0.4, -0.2) is 11.5 Å². The molecule has 0 amide bonds. The van der Waals surface area contributed by atoms with Crippen LogP contribution >= 0.6 is 11.6 Å². The zero-order valence-corrected chi connectivity index (χ0v) is 11.5. The Labute approximate surface area is 107 Å². The van der Waals surface area contributed by atoms with Crippen molar-refractivity contribution in [3.63, 3.8) is 0 Å². The second-order valence-corrected chi connectivity index (χ2v) is 3.71. The number of nitro groups is 1. The minimum Gasteiger partial charge on any atom is -0.379 e. The van der Waals surface area contributed by atoms with Crippen molar-refractivity contribution in [2.24, 2.45) is 0 Å². The van der Waals surface area contributed by atoms with Gasteiger partial charge in [0.25, 0.3) is 5.69 Å². The number of benzene rings is 1. The molecule has 0 aromatic heterocycles. The first kappa shape index (κ1) is 15.7. The molecule has 0 fully saturated rings. The van der Waals surface area contributed by atoms with E-state index in [2.05, 4.69) is 5.32 Å². The molecule has 1 N–H and O–H groups in total. The minimum absolute atomic E-state index is 0.0744. The van der Waals surface area contributed by atoms with E-state index in [4.69, 9.17) is 11.6 Å². The molecule has 0 atom stereocenters. The summed E-state index contributed by atoms with van der Waals surface area (Å²) in [5.74, 6) is 0.